The molecule has 0 saturated heterocycles. The van der Waals surface area contributed by atoms with Gasteiger partial charge in [-0.05, 0) is 13.3 Å². The van der Waals surface area contributed by atoms with Crippen LogP contribution in [0.5, 0.6) is 0 Å². The van der Waals surface area contributed by atoms with E-state index in [9.17, 15) is 5.11 Å². The second kappa shape index (κ2) is 3.46. The van der Waals surface area contributed by atoms with Crippen LogP contribution >= 0.6 is 0 Å². The Morgan fingerprint density at radius 3 is 2.62 bits per heavy atom. The van der Waals surface area contributed by atoms with Gasteiger partial charge in [0.15, 0.2) is 0 Å². The average Bonchev–Trinajstić information content (AvgIpc) is 2.32. The highest BCUT2D eigenvalue weighted by atomic mass is 16.3. The number of aryl methyl sites for hydroxylation is 1. The summed E-state index contributed by atoms with van der Waals surface area (Å²) in [6, 6.07) is 0. The molecule has 1 heterocycles. The van der Waals surface area contributed by atoms with E-state index in [0.29, 0.717) is 6.42 Å². The lowest BCUT2D eigenvalue weighted by Gasteiger charge is -2.23. The van der Waals surface area contributed by atoms with Gasteiger partial charge in [0.25, 0.3) is 0 Å². The fourth-order valence-electron chi connectivity index (χ4n) is 1.50. The van der Waals surface area contributed by atoms with Crippen molar-refractivity contribution in [2.75, 3.05) is 0 Å². The second-order valence-corrected chi connectivity index (χ2v) is 4.16. The van der Waals surface area contributed by atoms with Crippen molar-refractivity contribution < 1.29 is 5.11 Å². The van der Waals surface area contributed by atoms with Crippen LogP contribution < -0.4 is 0 Å². The summed E-state index contributed by atoms with van der Waals surface area (Å²) in [6.45, 7) is 5.91. The molecule has 1 aromatic heterocycles. The molecule has 1 N–H and O–H groups in total. The van der Waals surface area contributed by atoms with Crippen molar-refractivity contribution in [3.05, 3.63) is 11.9 Å². The van der Waals surface area contributed by atoms with Gasteiger partial charge in [-0.3, -0.25) is 0 Å². The Morgan fingerprint density at radius 2 is 2.23 bits per heavy atom. The van der Waals surface area contributed by atoms with Crippen molar-refractivity contribution in [2.24, 2.45) is 7.05 Å². The van der Waals surface area contributed by atoms with E-state index in [0.717, 1.165) is 5.69 Å². The van der Waals surface area contributed by atoms with Crippen LogP contribution in [0.1, 0.15) is 32.9 Å². The molecule has 0 bridgehead atoms. The molecule has 1 atom stereocenters. The standard InChI is InChI=1S/C9H17N3O/c1-7(13)5-9(2,3)8-6-10-12(4)11-8/h6-7,13H,5H2,1-4H3. The summed E-state index contributed by atoms with van der Waals surface area (Å²) in [5.41, 5.74) is 0.818. The van der Waals surface area contributed by atoms with Crippen molar-refractivity contribution >= 4 is 0 Å². The molecule has 4 nitrogen and oxygen atoms in total. The zero-order valence-electron chi connectivity index (χ0n) is 8.65. The van der Waals surface area contributed by atoms with Gasteiger partial charge in [-0.15, -0.1) is 0 Å². The number of hydrogen-bond donors (Lipinski definition) is 1. The lowest BCUT2D eigenvalue weighted by atomic mass is 9.84. The summed E-state index contributed by atoms with van der Waals surface area (Å²) >= 11 is 0. The summed E-state index contributed by atoms with van der Waals surface area (Å²) < 4.78 is 0. The van der Waals surface area contributed by atoms with Crippen molar-refractivity contribution in [3.8, 4) is 0 Å². The topological polar surface area (TPSA) is 50.9 Å². The molecule has 0 radical (unpaired) electrons. The first-order valence-corrected chi connectivity index (χ1v) is 4.47. The Balaban J connectivity index is 2.80. The van der Waals surface area contributed by atoms with E-state index >= 15 is 0 Å². The molecule has 1 unspecified atom stereocenters. The number of nitrogens with zero attached hydrogens (tertiary/aromatic N) is 3. The van der Waals surface area contributed by atoms with Crippen LogP contribution in [0.25, 0.3) is 0 Å². The summed E-state index contributed by atoms with van der Waals surface area (Å²) in [6.07, 6.45) is 2.14. The predicted molar refractivity (Wildman–Crippen MR) is 50.3 cm³/mol. The fourth-order valence-corrected chi connectivity index (χ4v) is 1.50. The molecule has 0 aliphatic rings. The smallest absolute Gasteiger partial charge is 0.0884 e. The maximum Gasteiger partial charge on any atom is 0.0884 e. The first kappa shape index (κ1) is 10.2. The van der Waals surface area contributed by atoms with Crippen LogP contribution in [-0.4, -0.2) is 26.2 Å². The molecule has 0 fully saturated rings. The van der Waals surface area contributed by atoms with Gasteiger partial charge in [-0.2, -0.15) is 15.0 Å². The van der Waals surface area contributed by atoms with Crippen molar-refractivity contribution in [3.63, 3.8) is 0 Å². The Labute approximate surface area is 78.6 Å². The van der Waals surface area contributed by atoms with Crippen LogP contribution in [0.4, 0.5) is 0 Å². The molecule has 0 saturated carbocycles. The number of aliphatic hydroxyl groups excluding tert-OH is 1. The van der Waals surface area contributed by atoms with E-state index in [4.69, 9.17) is 0 Å². The predicted octanol–water partition coefficient (Wildman–Crippen LogP) is 0.864. The molecule has 1 rings (SSSR count). The monoisotopic (exact) mass is 183 g/mol. The Hall–Kier alpha value is -0.900. The third-order valence-electron chi connectivity index (χ3n) is 2.10. The minimum absolute atomic E-state index is 0.109. The van der Waals surface area contributed by atoms with Gasteiger partial charge in [0, 0.05) is 12.5 Å². The molecule has 1 aromatic rings. The minimum atomic E-state index is -0.308. The van der Waals surface area contributed by atoms with E-state index in [1.54, 1.807) is 25.0 Å². The Kier molecular flexibility index (Phi) is 2.71. The van der Waals surface area contributed by atoms with E-state index in [1.807, 2.05) is 0 Å². The molecule has 74 valence electrons. The zero-order valence-corrected chi connectivity index (χ0v) is 8.65. The van der Waals surface area contributed by atoms with E-state index < -0.39 is 0 Å². The molecule has 0 aromatic carbocycles. The molecule has 0 amide bonds. The third kappa shape index (κ3) is 2.52. The lowest BCUT2D eigenvalue weighted by Crippen LogP contribution is -2.23. The molecule has 0 aliphatic carbocycles. The largest absolute Gasteiger partial charge is 0.393 e. The van der Waals surface area contributed by atoms with Crippen molar-refractivity contribution in [1.29, 1.82) is 0 Å². The molecule has 0 spiro atoms. The van der Waals surface area contributed by atoms with Gasteiger partial charge in [-0.25, -0.2) is 0 Å². The summed E-state index contributed by atoms with van der Waals surface area (Å²) in [5.74, 6) is 0. The maximum absolute atomic E-state index is 9.30. The van der Waals surface area contributed by atoms with Crippen LogP contribution in [0.2, 0.25) is 0 Å². The SMILES string of the molecule is CC(O)CC(C)(C)c1cnn(C)n1. The minimum Gasteiger partial charge on any atom is -0.393 e. The van der Waals surface area contributed by atoms with Gasteiger partial charge in [0.05, 0.1) is 18.0 Å². The summed E-state index contributed by atoms with van der Waals surface area (Å²) in [7, 11) is 1.79. The molecule has 4 heteroatoms. The van der Waals surface area contributed by atoms with E-state index in [2.05, 4.69) is 24.0 Å². The lowest BCUT2D eigenvalue weighted by molar-refractivity contribution is 0.155. The highest BCUT2D eigenvalue weighted by Gasteiger charge is 2.25. The van der Waals surface area contributed by atoms with E-state index in [1.165, 1.54) is 0 Å². The van der Waals surface area contributed by atoms with Gasteiger partial charge >= 0.3 is 0 Å². The van der Waals surface area contributed by atoms with E-state index in [-0.39, 0.29) is 11.5 Å². The van der Waals surface area contributed by atoms with Gasteiger partial charge in [0.2, 0.25) is 0 Å². The van der Waals surface area contributed by atoms with Crippen LogP contribution in [-0.2, 0) is 12.5 Å². The molecular weight excluding hydrogens is 166 g/mol. The summed E-state index contributed by atoms with van der Waals surface area (Å²) in [4.78, 5) is 1.54. The van der Waals surface area contributed by atoms with Crippen LogP contribution in [0.3, 0.4) is 0 Å². The first-order valence-electron chi connectivity index (χ1n) is 4.47. The van der Waals surface area contributed by atoms with Crippen LogP contribution in [0.15, 0.2) is 6.20 Å². The van der Waals surface area contributed by atoms with Gasteiger partial charge in [0.1, 0.15) is 0 Å². The quantitative estimate of drug-likeness (QED) is 0.756. The second-order valence-electron chi connectivity index (χ2n) is 4.16. The maximum atomic E-state index is 9.30. The van der Waals surface area contributed by atoms with Crippen molar-refractivity contribution in [2.45, 2.75) is 38.7 Å². The highest BCUT2D eigenvalue weighted by Crippen LogP contribution is 2.25. The first-order chi connectivity index (χ1) is 5.92. The number of aliphatic hydroxyl groups is 1. The van der Waals surface area contributed by atoms with Crippen LogP contribution in [0, 0.1) is 0 Å². The normalized spacial score (nSPS) is 14.5. The highest BCUT2D eigenvalue weighted by molar-refractivity contribution is 5.08. The molecule has 0 aliphatic heterocycles. The summed E-state index contributed by atoms with van der Waals surface area (Å²) in [5, 5.41) is 17.5. The number of rotatable bonds is 3. The van der Waals surface area contributed by atoms with Gasteiger partial charge < -0.3 is 5.11 Å². The number of aromatic nitrogens is 3. The average molecular weight is 183 g/mol. The molecular formula is C9H17N3O. The number of hydrogen-bond acceptors (Lipinski definition) is 3. The fraction of sp³-hybridized carbons (Fsp3) is 0.778. The Morgan fingerprint density at radius 1 is 1.62 bits per heavy atom. The zero-order chi connectivity index (χ0) is 10.1. The van der Waals surface area contributed by atoms with Gasteiger partial charge in [-0.1, -0.05) is 13.8 Å². The van der Waals surface area contributed by atoms with Crippen molar-refractivity contribution in [1.82, 2.24) is 15.0 Å². The Bertz CT molecular complexity index is 278. The third-order valence-corrected chi connectivity index (χ3v) is 2.10. The molecule has 13 heavy (non-hydrogen) atoms.